The van der Waals surface area contributed by atoms with E-state index in [4.69, 9.17) is 16.3 Å². The first kappa shape index (κ1) is 20.5. The number of anilines is 1. The molecule has 0 radical (unpaired) electrons. The van der Waals surface area contributed by atoms with Gasteiger partial charge in [-0.2, -0.15) is 13.2 Å². The number of pyridine rings is 1. The van der Waals surface area contributed by atoms with Crippen LogP contribution in [0.4, 0.5) is 27.6 Å². The molecule has 0 saturated carbocycles. The second-order valence-electron chi connectivity index (χ2n) is 5.68. The van der Waals surface area contributed by atoms with Crippen LogP contribution in [0.3, 0.4) is 0 Å². The Labute approximate surface area is 165 Å². The summed E-state index contributed by atoms with van der Waals surface area (Å²) in [7, 11) is 0. The molecule has 4 nitrogen and oxygen atoms in total. The van der Waals surface area contributed by atoms with Crippen LogP contribution in [0.25, 0.3) is 0 Å². The topological polar surface area (TPSA) is 51.2 Å². The number of hydrogen-bond acceptors (Lipinski definition) is 3. The molecule has 0 spiro atoms. The number of rotatable bonds is 4. The van der Waals surface area contributed by atoms with Gasteiger partial charge in [-0.15, -0.1) is 0 Å². The number of amides is 1. The fourth-order valence-electron chi connectivity index (χ4n) is 2.32. The molecule has 1 amide bonds. The summed E-state index contributed by atoms with van der Waals surface area (Å²) in [6, 6.07) is 8.05. The fourth-order valence-corrected chi connectivity index (χ4v) is 2.55. The zero-order valence-corrected chi connectivity index (χ0v) is 15.0. The third-order valence-electron chi connectivity index (χ3n) is 3.65. The first-order valence-electron chi connectivity index (χ1n) is 7.91. The first-order chi connectivity index (χ1) is 13.6. The van der Waals surface area contributed by atoms with E-state index in [2.05, 4.69) is 10.3 Å². The molecule has 1 N–H and O–H groups in total. The molecule has 0 bridgehead atoms. The van der Waals surface area contributed by atoms with Crippen molar-refractivity contribution in [1.29, 1.82) is 0 Å². The van der Waals surface area contributed by atoms with E-state index >= 15 is 0 Å². The molecule has 0 saturated heterocycles. The van der Waals surface area contributed by atoms with Gasteiger partial charge in [-0.1, -0.05) is 11.6 Å². The minimum Gasteiger partial charge on any atom is -0.438 e. The van der Waals surface area contributed by atoms with Gasteiger partial charge in [-0.05, 0) is 42.5 Å². The molecule has 0 atom stereocenters. The standard InChI is InChI=1S/C19H10ClF5N2O2/c20-14-5-4-11(9-13(14)19(23,24)25)29-18-12(2-1-7-26-18)17(28)27-16-6-3-10(21)8-15(16)22/h1-9H,(H,27,28). The summed E-state index contributed by atoms with van der Waals surface area (Å²) >= 11 is 5.56. The van der Waals surface area contributed by atoms with Crippen LogP contribution in [-0.2, 0) is 6.18 Å². The van der Waals surface area contributed by atoms with Gasteiger partial charge in [0, 0.05) is 12.3 Å². The van der Waals surface area contributed by atoms with Crippen molar-refractivity contribution in [2.24, 2.45) is 0 Å². The molecule has 3 aromatic rings. The Morgan fingerprint density at radius 2 is 1.83 bits per heavy atom. The van der Waals surface area contributed by atoms with Crippen LogP contribution in [0.15, 0.2) is 54.7 Å². The highest BCUT2D eigenvalue weighted by Crippen LogP contribution is 2.37. The SMILES string of the molecule is O=C(Nc1ccc(F)cc1F)c1cccnc1Oc1ccc(Cl)c(C(F)(F)F)c1. The van der Waals surface area contributed by atoms with Crippen molar-refractivity contribution < 1.29 is 31.5 Å². The largest absolute Gasteiger partial charge is 0.438 e. The lowest BCUT2D eigenvalue weighted by Crippen LogP contribution is -2.14. The van der Waals surface area contributed by atoms with Gasteiger partial charge in [0.25, 0.3) is 5.91 Å². The molecular weight excluding hydrogens is 419 g/mol. The van der Waals surface area contributed by atoms with Gasteiger partial charge in [0.1, 0.15) is 22.9 Å². The Morgan fingerprint density at radius 1 is 1.07 bits per heavy atom. The van der Waals surface area contributed by atoms with Gasteiger partial charge in [-0.25, -0.2) is 13.8 Å². The highest BCUT2D eigenvalue weighted by Gasteiger charge is 2.33. The van der Waals surface area contributed by atoms with Crippen molar-refractivity contribution in [3.8, 4) is 11.6 Å². The molecule has 1 heterocycles. The summed E-state index contributed by atoms with van der Waals surface area (Å²) in [5.41, 5.74) is -1.59. The summed E-state index contributed by atoms with van der Waals surface area (Å²) < 4.78 is 71.1. The molecule has 29 heavy (non-hydrogen) atoms. The minimum atomic E-state index is -4.71. The number of aromatic nitrogens is 1. The maximum atomic E-state index is 13.7. The Hall–Kier alpha value is -3.20. The Morgan fingerprint density at radius 3 is 2.52 bits per heavy atom. The lowest BCUT2D eigenvalue weighted by Gasteiger charge is -2.13. The normalized spacial score (nSPS) is 11.2. The lowest BCUT2D eigenvalue weighted by molar-refractivity contribution is -0.137. The fraction of sp³-hybridized carbons (Fsp3) is 0.0526. The number of nitrogens with one attached hydrogen (secondary N) is 1. The van der Waals surface area contributed by atoms with Crippen LogP contribution < -0.4 is 10.1 Å². The monoisotopic (exact) mass is 428 g/mol. The van der Waals surface area contributed by atoms with Crippen LogP contribution in [0.5, 0.6) is 11.6 Å². The molecule has 3 rings (SSSR count). The Kier molecular flexibility index (Phi) is 5.69. The van der Waals surface area contributed by atoms with Crippen LogP contribution >= 0.6 is 11.6 Å². The maximum Gasteiger partial charge on any atom is 0.417 e. The minimum absolute atomic E-state index is 0.181. The number of alkyl halides is 3. The van der Waals surface area contributed by atoms with Crippen molar-refractivity contribution in [3.63, 3.8) is 0 Å². The molecular formula is C19H10ClF5N2O2. The van der Waals surface area contributed by atoms with E-state index in [9.17, 15) is 26.7 Å². The molecule has 0 unspecified atom stereocenters. The van der Waals surface area contributed by atoms with Crippen LogP contribution in [0.1, 0.15) is 15.9 Å². The molecule has 150 valence electrons. The second kappa shape index (κ2) is 8.04. The van der Waals surface area contributed by atoms with Crippen molar-refractivity contribution in [2.75, 3.05) is 5.32 Å². The average Bonchev–Trinajstić information content (AvgIpc) is 2.65. The quantitative estimate of drug-likeness (QED) is 0.513. The van der Waals surface area contributed by atoms with Gasteiger partial charge in [0.05, 0.1) is 16.3 Å². The molecule has 10 heteroatoms. The first-order valence-corrected chi connectivity index (χ1v) is 8.29. The van der Waals surface area contributed by atoms with Gasteiger partial charge < -0.3 is 10.1 Å². The molecule has 0 fully saturated rings. The van der Waals surface area contributed by atoms with Crippen LogP contribution in [-0.4, -0.2) is 10.9 Å². The summed E-state index contributed by atoms with van der Waals surface area (Å²) in [6.45, 7) is 0. The van der Waals surface area contributed by atoms with E-state index < -0.39 is 34.3 Å². The molecule has 0 aliphatic rings. The van der Waals surface area contributed by atoms with E-state index in [-0.39, 0.29) is 22.9 Å². The third-order valence-corrected chi connectivity index (χ3v) is 3.98. The van der Waals surface area contributed by atoms with Gasteiger partial charge in [0.15, 0.2) is 0 Å². The second-order valence-corrected chi connectivity index (χ2v) is 6.08. The summed E-state index contributed by atoms with van der Waals surface area (Å²) in [5, 5.41) is 1.70. The van der Waals surface area contributed by atoms with Crippen LogP contribution in [0, 0.1) is 11.6 Å². The van der Waals surface area contributed by atoms with Gasteiger partial charge >= 0.3 is 6.18 Å². The molecule has 0 aliphatic heterocycles. The van der Waals surface area contributed by atoms with E-state index in [0.717, 1.165) is 18.2 Å². The number of nitrogens with zero attached hydrogens (tertiary/aromatic N) is 1. The number of ether oxygens (including phenoxy) is 1. The predicted molar refractivity (Wildman–Crippen MR) is 95.1 cm³/mol. The molecule has 0 aliphatic carbocycles. The van der Waals surface area contributed by atoms with E-state index in [1.165, 1.54) is 24.4 Å². The van der Waals surface area contributed by atoms with Crippen molar-refractivity contribution in [2.45, 2.75) is 6.18 Å². The number of carbonyl (C=O) groups excluding carboxylic acids is 1. The maximum absolute atomic E-state index is 13.7. The summed E-state index contributed by atoms with van der Waals surface area (Å²) in [6.07, 6.45) is -3.45. The van der Waals surface area contributed by atoms with Crippen molar-refractivity contribution in [1.82, 2.24) is 4.98 Å². The van der Waals surface area contributed by atoms with E-state index in [0.29, 0.717) is 12.1 Å². The Balaban J connectivity index is 1.89. The lowest BCUT2D eigenvalue weighted by atomic mass is 10.2. The zero-order chi connectivity index (χ0) is 21.2. The highest BCUT2D eigenvalue weighted by atomic mass is 35.5. The van der Waals surface area contributed by atoms with Gasteiger partial charge in [0.2, 0.25) is 5.88 Å². The number of hydrogen-bond donors (Lipinski definition) is 1. The smallest absolute Gasteiger partial charge is 0.417 e. The van der Waals surface area contributed by atoms with Crippen molar-refractivity contribution >= 4 is 23.2 Å². The van der Waals surface area contributed by atoms with Gasteiger partial charge in [-0.3, -0.25) is 4.79 Å². The number of carbonyl (C=O) groups is 1. The third kappa shape index (κ3) is 4.80. The summed E-state index contributed by atoms with van der Waals surface area (Å²) in [5.74, 6) is -3.26. The summed E-state index contributed by atoms with van der Waals surface area (Å²) in [4.78, 5) is 16.3. The van der Waals surface area contributed by atoms with E-state index in [1.54, 1.807) is 0 Å². The Bertz CT molecular complexity index is 1070. The number of halogens is 6. The molecule has 1 aromatic heterocycles. The predicted octanol–water partition coefficient (Wildman–Crippen LogP) is 6.08. The van der Waals surface area contributed by atoms with Crippen LogP contribution in [0.2, 0.25) is 5.02 Å². The molecule has 2 aromatic carbocycles. The zero-order valence-electron chi connectivity index (χ0n) is 14.2. The van der Waals surface area contributed by atoms with Crippen molar-refractivity contribution in [3.05, 3.63) is 82.5 Å². The van der Waals surface area contributed by atoms with E-state index in [1.807, 2.05) is 0 Å². The highest BCUT2D eigenvalue weighted by molar-refractivity contribution is 6.31. The average molecular weight is 429 g/mol. The number of benzene rings is 2.